The zero-order chi connectivity index (χ0) is 19.2. The van der Waals surface area contributed by atoms with Crippen molar-refractivity contribution in [2.75, 3.05) is 25.1 Å². The first kappa shape index (κ1) is 19.0. The second-order valence-electron chi connectivity index (χ2n) is 6.87. The van der Waals surface area contributed by atoms with E-state index >= 15 is 0 Å². The Morgan fingerprint density at radius 2 is 1.85 bits per heavy atom. The van der Waals surface area contributed by atoms with Gasteiger partial charge in [0, 0.05) is 6.54 Å². The smallest absolute Gasteiger partial charge is 0.322 e. The third-order valence-corrected chi connectivity index (χ3v) is 4.62. The number of hydrogen-bond acceptors (Lipinski definition) is 4. The normalized spacial score (nSPS) is 13.9. The fraction of sp³-hybridized carbons (Fsp3) is 0.381. The van der Waals surface area contributed by atoms with E-state index in [0.717, 1.165) is 5.56 Å². The van der Waals surface area contributed by atoms with E-state index in [2.05, 4.69) is 5.32 Å². The number of benzene rings is 2. The number of nitrogens with one attached hydrogen (secondary N) is 1. The van der Waals surface area contributed by atoms with E-state index in [1.807, 2.05) is 56.3 Å². The van der Waals surface area contributed by atoms with Gasteiger partial charge < -0.3 is 24.8 Å². The number of amides is 2. The quantitative estimate of drug-likeness (QED) is 0.816. The van der Waals surface area contributed by atoms with Crippen molar-refractivity contribution in [3.63, 3.8) is 0 Å². The van der Waals surface area contributed by atoms with Gasteiger partial charge in [-0.1, -0.05) is 50.2 Å². The van der Waals surface area contributed by atoms with Gasteiger partial charge in [-0.05, 0) is 23.6 Å². The number of para-hydroxylation sites is 1. The third kappa shape index (κ3) is 4.52. The summed E-state index contributed by atoms with van der Waals surface area (Å²) in [6, 6.07) is 14.6. The Hall–Kier alpha value is -2.73. The minimum atomic E-state index is -0.304. The van der Waals surface area contributed by atoms with Crippen molar-refractivity contribution in [1.29, 1.82) is 0 Å². The summed E-state index contributed by atoms with van der Waals surface area (Å²) in [5, 5.41) is 12.8. The van der Waals surface area contributed by atoms with Crippen LogP contribution in [0.15, 0.2) is 48.5 Å². The Labute approximate surface area is 159 Å². The molecule has 1 unspecified atom stereocenters. The van der Waals surface area contributed by atoms with E-state index in [9.17, 15) is 9.90 Å². The molecular weight excluding hydrogens is 344 g/mol. The van der Waals surface area contributed by atoms with Gasteiger partial charge in [0.1, 0.15) is 13.2 Å². The van der Waals surface area contributed by atoms with Crippen LogP contribution in [0.1, 0.15) is 19.4 Å². The number of urea groups is 1. The molecule has 2 aromatic rings. The van der Waals surface area contributed by atoms with Crippen molar-refractivity contribution < 1.29 is 19.4 Å². The van der Waals surface area contributed by atoms with Gasteiger partial charge >= 0.3 is 6.03 Å². The molecule has 6 heteroatoms. The van der Waals surface area contributed by atoms with Gasteiger partial charge in [0.25, 0.3) is 0 Å². The zero-order valence-corrected chi connectivity index (χ0v) is 15.7. The summed E-state index contributed by atoms with van der Waals surface area (Å²) < 4.78 is 11.3. The van der Waals surface area contributed by atoms with Crippen LogP contribution in [0.3, 0.4) is 0 Å². The third-order valence-electron chi connectivity index (χ3n) is 4.62. The zero-order valence-electron chi connectivity index (χ0n) is 15.7. The largest absolute Gasteiger partial charge is 0.486 e. The highest BCUT2D eigenvalue weighted by atomic mass is 16.6. The predicted octanol–water partition coefficient (Wildman–Crippen LogP) is 3.51. The highest BCUT2D eigenvalue weighted by molar-refractivity contribution is 5.92. The fourth-order valence-electron chi connectivity index (χ4n) is 3.15. The van der Waals surface area contributed by atoms with Gasteiger partial charge in [-0.15, -0.1) is 0 Å². The molecule has 0 aliphatic carbocycles. The van der Waals surface area contributed by atoms with Crippen LogP contribution >= 0.6 is 0 Å². The Morgan fingerprint density at radius 3 is 2.56 bits per heavy atom. The average molecular weight is 370 g/mol. The molecule has 6 nitrogen and oxygen atoms in total. The highest BCUT2D eigenvalue weighted by Gasteiger charge is 2.27. The Morgan fingerprint density at radius 1 is 1.11 bits per heavy atom. The van der Waals surface area contributed by atoms with Gasteiger partial charge in [-0.25, -0.2) is 4.79 Å². The van der Waals surface area contributed by atoms with Gasteiger partial charge in [0.15, 0.2) is 11.5 Å². The molecule has 0 fully saturated rings. The summed E-state index contributed by atoms with van der Waals surface area (Å²) in [7, 11) is 0. The standard InChI is InChI=1S/C21H26N2O4/c1-15(2)18(14-24)23(13-16-7-4-3-5-8-16)21(25)22-17-9-6-10-19-20(17)27-12-11-26-19/h3-10,15,18,24H,11-14H2,1-2H3,(H,22,25). The second-order valence-corrected chi connectivity index (χ2v) is 6.87. The lowest BCUT2D eigenvalue weighted by Crippen LogP contribution is -2.47. The second kappa shape index (κ2) is 8.77. The number of anilines is 1. The van der Waals surface area contributed by atoms with Gasteiger partial charge in [-0.2, -0.15) is 0 Å². The van der Waals surface area contributed by atoms with Crippen LogP contribution in [0.5, 0.6) is 11.5 Å². The van der Waals surface area contributed by atoms with Crippen LogP contribution in [0.25, 0.3) is 0 Å². The maximum Gasteiger partial charge on any atom is 0.322 e. The summed E-state index contributed by atoms with van der Waals surface area (Å²) in [6.07, 6.45) is 0. The van der Waals surface area contributed by atoms with Crippen molar-refractivity contribution in [2.24, 2.45) is 5.92 Å². The van der Waals surface area contributed by atoms with E-state index in [0.29, 0.717) is 36.9 Å². The maximum absolute atomic E-state index is 13.1. The van der Waals surface area contributed by atoms with Gasteiger partial charge in [0.05, 0.1) is 18.3 Å². The molecule has 3 rings (SSSR count). The summed E-state index contributed by atoms with van der Waals surface area (Å²) in [5.74, 6) is 1.27. The molecule has 144 valence electrons. The molecule has 0 aromatic heterocycles. The van der Waals surface area contributed by atoms with Crippen LogP contribution in [0.2, 0.25) is 0 Å². The van der Waals surface area contributed by atoms with E-state index in [-0.39, 0.29) is 24.6 Å². The number of rotatable bonds is 6. The lowest BCUT2D eigenvalue weighted by Gasteiger charge is -2.33. The molecule has 2 N–H and O–H groups in total. The molecule has 0 saturated heterocycles. The SMILES string of the molecule is CC(C)C(CO)N(Cc1ccccc1)C(=O)Nc1cccc2c1OCCO2. The molecule has 2 aromatic carbocycles. The topological polar surface area (TPSA) is 71.0 Å². The average Bonchev–Trinajstić information content (AvgIpc) is 2.68. The first-order valence-corrected chi connectivity index (χ1v) is 9.21. The maximum atomic E-state index is 13.1. The number of aliphatic hydroxyl groups is 1. The van der Waals surface area contributed by atoms with Crippen molar-refractivity contribution in [3.8, 4) is 11.5 Å². The van der Waals surface area contributed by atoms with E-state index in [1.54, 1.807) is 11.0 Å². The summed E-state index contributed by atoms with van der Waals surface area (Å²) in [5.41, 5.74) is 1.57. The number of carbonyl (C=O) groups excluding carboxylic acids is 1. The van der Waals surface area contributed by atoms with Crippen LogP contribution < -0.4 is 14.8 Å². The van der Waals surface area contributed by atoms with E-state index in [4.69, 9.17) is 9.47 Å². The van der Waals surface area contributed by atoms with Crippen molar-refractivity contribution in [3.05, 3.63) is 54.1 Å². The van der Waals surface area contributed by atoms with Gasteiger partial charge in [-0.3, -0.25) is 0 Å². The molecule has 0 bridgehead atoms. The van der Waals surface area contributed by atoms with E-state index < -0.39 is 0 Å². The minimum Gasteiger partial charge on any atom is -0.486 e. The molecule has 0 spiro atoms. The number of hydrogen-bond donors (Lipinski definition) is 2. The first-order chi connectivity index (χ1) is 13.1. The number of carbonyl (C=O) groups is 1. The molecule has 0 saturated carbocycles. The number of fused-ring (bicyclic) bond motifs is 1. The van der Waals surface area contributed by atoms with E-state index in [1.165, 1.54) is 0 Å². The number of nitrogens with zero attached hydrogens (tertiary/aromatic N) is 1. The summed E-state index contributed by atoms with van der Waals surface area (Å²) in [4.78, 5) is 14.8. The van der Waals surface area contributed by atoms with Crippen molar-refractivity contribution in [1.82, 2.24) is 4.90 Å². The molecule has 2 amide bonds. The first-order valence-electron chi connectivity index (χ1n) is 9.21. The fourth-order valence-corrected chi connectivity index (χ4v) is 3.15. The Kier molecular flexibility index (Phi) is 6.19. The van der Waals surface area contributed by atoms with Crippen LogP contribution in [-0.4, -0.2) is 41.9 Å². The minimum absolute atomic E-state index is 0.105. The molecule has 1 heterocycles. The lowest BCUT2D eigenvalue weighted by molar-refractivity contribution is 0.110. The number of ether oxygens (including phenoxy) is 2. The van der Waals surface area contributed by atoms with Crippen LogP contribution in [-0.2, 0) is 6.54 Å². The summed E-state index contributed by atoms with van der Waals surface area (Å²) in [6.45, 7) is 5.22. The molecule has 27 heavy (non-hydrogen) atoms. The summed E-state index contributed by atoms with van der Waals surface area (Å²) >= 11 is 0. The van der Waals surface area contributed by atoms with Crippen molar-refractivity contribution in [2.45, 2.75) is 26.4 Å². The molecule has 1 aliphatic rings. The number of aliphatic hydroxyl groups excluding tert-OH is 1. The van der Waals surface area contributed by atoms with Crippen LogP contribution in [0.4, 0.5) is 10.5 Å². The molecule has 0 radical (unpaired) electrons. The Balaban J connectivity index is 1.84. The predicted molar refractivity (Wildman–Crippen MR) is 104 cm³/mol. The molecule has 1 atom stereocenters. The van der Waals surface area contributed by atoms with Gasteiger partial charge in [0.2, 0.25) is 0 Å². The van der Waals surface area contributed by atoms with Crippen LogP contribution in [0, 0.1) is 5.92 Å². The molecule has 1 aliphatic heterocycles. The lowest BCUT2D eigenvalue weighted by atomic mass is 10.0. The molecular formula is C21H26N2O4. The van der Waals surface area contributed by atoms with Crippen molar-refractivity contribution >= 4 is 11.7 Å². The monoisotopic (exact) mass is 370 g/mol. The highest BCUT2D eigenvalue weighted by Crippen LogP contribution is 2.37. The Bertz CT molecular complexity index is 764.